The highest BCUT2D eigenvalue weighted by atomic mass is 35.5. The molecule has 3 rings (SSSR count). The number of methoxy groups -OCH3 is 1. The number of ether oxygens (including phenoxy) is 1. The van der Waals surface area contributed by atoms with Gasteiger partial charge in [-0.25, -0.2) is 4.79 Å². The van der Waals surface area contributed by atoms with Crippen LogP contribution in [-0.4, -0.2) is 47.3 Å². The van der Waals surface area contributed by atoms with E-state index in [1.165, 1.54) is 13.3 Å². The van der Waals surface area contributed by atoms with Crippen LogP contribution in [0, 0.1) is 0 Å². The van der Waals surface area contributed by atoms with Gasteiger partial charge < -0.3 is 20.9 Å². The molecule has 0 unspecified atom stereocenters. The molecule has 1 aliphatic carbocycles. The molecule has 0 bridgehead atoms. The molecule has 1 fully saturated rings. The molecule has 25 heavy (non-hydrogen) atoms. The second-order valence-electron chi connectivity index (χ2n) is 6.19. The molecule has 0 aliphatic heterocycles. The number of rotatable bonds is 4. The SMILES string of the molecule is COC(=O)c1cncc2cc(C(=O)NCC3(O)CC(N)C3)ccc12.Cl. The summed E-state index contributed by atoms with van der Waals surface area (Å²) in [6, 6.07) is 4.96. The number of esters is 1. The van der Waals surface area contributed by atoms with Crippen molar-refractivity contribution in [3.63, 3.8) is 0 Å². The summed E-state index contributed by atoms with van der Waals surface area (Å²) in [5.41, 5.74) is 5.53. The molecule has 1 aromatic heterocycles. The largest absolute Gasteiger partial charge is 0.465 e. The van der Waals surface area contributed by atoms with E-state index in [0.717, 1.165) is 0 Å². The van der Waals surface area contributed by atoms with Gasteiger partial charge in [0.15, 0.2) is 0 Å². The molecular formula is C17H20ClN3O4. The first-order valence-electron chi connectivity index (χ1n) is 7.64. The van der Waals surface area contributed by atoms with E-state index in [4.69, 9.17) is 10.5 Å². The first-order valence-corrected chi connectivity index (χ1v) is 7.64. The standard InChI is InChI=1S/C17H19N3O4.ClH/c1-24-16(22)14-8-19-7-11-4-10(2-3-13(11)14)15(21)20-9-17(23)5-12(18)6-17;/h2-4,7-8,12,23H,5-6,9,18H2,1H3,(H,20,21);1H. The van der Waals surface area contributed by atoms with Crippen molar-refractivity contribution in [1.29, 1.82) is 0 Å². The van der Waals surface area contributed by atoms with Crippen molar-refractivity contribution in [2.45, 2.75) is 24.5 Å². The predicted molar refractivity (Wildman–Crippen MR) is 94.8 cm³/mol. The molecular weight excluding hydrogens is 346 g/mol. The van der Waals surface area contributed by atoms with Crippen LogP contribution >= 0.6 is 12.4 Å². The molecule has 0 atom stereocenters. The highest BCUT2D eigenvalue weighted by Gasteiger charge is 2.40. The average Bonchev–Trinajstić information content (AvgIpc) is 2.56. The lowest BCUT2D eigenvalue weighted by molar-refractivity contribution is -0.0430. The summed E-state index contributed by atoms with van der Waals surface area (Å²) in [5.74, 6) is -0.775. The van der Waals surface area contributed by atoms with Crippen LogP contribution in [0.1, 0.15) is 33.6 Å². The van der Waals surface area contributed by atoms with E-state index in [0.29, 0.717) is 34.7 Å². The van der Waals surface area contributed by atoms with Crippen molar-refractivity contribution >= 4 is 35.1 Å². The van der Waals surface area contributed by atoms with Gasteiger partial charge in [0, 0.05) is 35.9 Å². The number of hydrogen-bond acceptors (Lipinski definition) is 6. The van der Waals surface area contributed by atoms with Gasteiger partial charge in [0.05, 0.1) is 18.3 Å². The van der Waals surface area contributed by atoms with Crippen LogP contribution in [0.15, 0.2) is 30.6 Å². The van der Waals surface area contributed by atoms with E-state index >= 15 is 0 Å². The fourth-order valence-electron chi connectivity index (χ4n) is 3.00. The summed E-state index contributed by atoms with van der Waals surface area (Å²) in [6.07, 6.45) is 3.98. The summed E-state index contributed by atoms with van der Waals surface area (Å²) >= 11 is 0. The molecule has 8 heteroatoms. The average molecular weight is 366 g/mol. The number of fused-ring (bicyclic) bond motifs is 1. The molecule has 1 saturated carbocycles. The zero-order valence-electron chi connectivity index (χ0n) is 13.7. The number of aromatic nitrogens is 1. The Morgan fingerprint density at radius 1 is 1.40 bits per heavy atom. The Kier molecular flexibility index (Phi) is 5.62. The van der Waals surface area contributed by atoms with Crippen LogP contribution in [0.2, 0.25) is 0 Å². The minimum atomic E-state index is -0.911. The zero-order valence-corrected chi connectivity index (χ0v) is 14.5. The summed E-state index contributed by atoms with van der Waals surface area (Å²) < 4.78 is 4.73. The van der Waals surface area contributed by atoms with E-state index in [9.17, 15) is 14.7 Å². The van der Waals surface area contributed by atoms with Crippen molar-refractivity contribution in [3.8, 4) is 0 Å². The van der Waals surface area contributed by atoms with E-state index in [-0.39, 0.29) is 30.9 Å². The van der Waals surface area contributed by atoms with Crippen LogP contribution in [0.5, 0.6) is 0 Å². The molecule has 0 spiro atoms. The minimum absolute atomic E-state index is 0. The normalized spacial score (nSPS) is 21.8. The predicted octanol–water partition coefficient (Wildman–Crippen LogP) is 1.03. The Morgan fingerprint density at radius 3 is 2.76 bits per heavy atom. The minimum Gasteiger partial charge on any atom is -0.465 e. The Balaban J connectivity index is 0.00000225. The van der Waals surface area contributed by atoms with Gasteiger partial charge in [-0.2, -0.15) is 0 Å². The highest BCUT2D eigenvalue weighted by molar-refractivity contribution is 6.06. The van der Waals surface area contributed by atoms with Crippen LogP contribution in [0.3, 0.4) is 0 Å². The molecule has 7 nitrogen and oxygen atoms in total. The quantitative estimate of drug-likeness (QED) is 0.697. The van der Waals surface area contributed by atoms with Gasteiger partial charge in [-0.15, -0.1) is 12.4 Å². The van der Waals surface area contributed by atoms with Crippen LogP contribution < -0.4 is 11.1 Å². The van der Waals surface area contributed by atoms with E-state index in [1.54, 1.807) is 24.4 Å². The second-order valence-corrected chi connectivity index (χ2v) is 6.19. The van der Waals surface area contributed by atoms with Crippen molar-refractivity contribution in [2.24, 2.45) is 5.73 Å². The topological polar surface area (TPSA) is 115 Å². The molecule has 134 valence electrons. The lowest BCUT2D eigenvalue weighted by Crippen LogP contribution is -2.57. The zero-order chi connectivity index (χ0) is 17.3. The second kappa shape index (κ2) is 7.35. The van der Waals surface area contributed by atoms with Crippen molar-refractivity contribution in [3.05, 3.63) is 41.7 Å². The number of nitrogens with zero attached hydrogens (tertiary/aromatic N) is 1. The van der Waals surface area contributed by atoms with E-state index in [1.807, 2.05) is 0 Å². The Hall–Kier alpha value is -2.22. The smallest absolute Gasteiger partial charge is 0.340 e. The van der Waals surface area contributed by atoms with E-state index in [2.05, 4.69) is 10.3 Å². The first kappa shape index (κ1) is 19.1. The maximum Gasteiger partial charge on any atom is 0.340 e. The third-order valence-electron chi connectivity index (χ3n) is 4.29. The van der Waals surface area contributed by atoms with Gasteiger partial charge in [0.25, 0.3) is 5.91 Å². The molecule has 1 amide bonds. The number of carbonyl (C=O) groups is 2. The van der Waals surface area contributed by atoms with Gasteiger partial charge >= 0.3 is 5.97 Å². The number of hydrogen-bond donors (Lipinski definition) is 3. The Bertz CT molecular complexity index is 806. The number of carbonyl (C=O) groups excluding carboxylic acids is 2. The highest BCUT2D eigenvalue weighted by Crippen LogP contribution is 2.30. The number of amides is 1. The third-order valence-corrected chi connectivity index (χ3v) is 4.29. The van der Waals surface area contributed by atoms with Gasteiger partial charge in [-0.1, -0.05) is 6.07 Å². The van der Waals surface area contributed by atoms with Crippen LogP contribution in [0.4, 0.5) is 0 Å². The van der Waals surface area contributed by atoms with Crippen LogP contribution in [-0.2, 0) is 4.74 Å². The number of pyridine rings is 1. The maximum absolute atomic E-state index is 12.3. The van der Waals surface area contributed by atoms with Crippen molar-refractivity contribution in [1.82, 2.24) is 10.3 Å². The Morgan fingerprint density at radius 2 is 2.12 bits per heavy atom. The number of nitrogens with two attached hydrogens (primary N) is 1. The lowest BCUT2D eigenvalue weighted by Gasteiger charge is -2.41. The molecule has 0 radical (unpaired) electrons. The Labute approximate surface area is 151 Å². The molecule has 1 aliphatic rings. The first-order chi connectivity index (χ1) is 11.4. The number of benzene rings is 1. The fraction of sp³-hybridized carbons (Fsp3) is 0.353. The lowest BCUT2D eigenvalue weighted by atomic mass is 9.76. The molecule has 2 aromatic rings. The number of halogens is 1. The number of aliphatic hydroxyl groups is 1. The summed E-state index contributed by atoms with van der Waals surface area (Å²) in [4.78, 5) is 28.0. The maximum atomic E-state index is 12.3. The van der Waals surface area contributed by atoms with Crippen molar-refractivity contribution < 1.29 is 19.4 Å². The van der Waals surface area contributed by atoms with Crippen LogP contribution in [0.25, 0.3) is 10.8 Å². The summed E-state index contributed by atoms with van der Waals surface area (Å²) in [6.45, 7) is 0.165. The number of nitrogens with one attached hydrogen (secondary N) is 1. The summed E-state index contributed by atoms with van der Waals surface area (Å²) in [7, 11) is 1.31. The fourth-order valence-corrected chi connectivity index (χ4v) is 3.00. The van der Waals surface area contributed by atoms with Gasteiger partial charge in [0.2, 0.25) is 0 Å². The van der Waals surface area contributed by atoms with Gasteiger partial charge in [-0.05, 0) is 30.4 Å². The van der Waals surface area contributed by atoms with Crippen molar-refractivity contribution in [2.75, 3.05) is 13.7 Å². The monoisotopic (exact) mass is 365 g/mol. The molecule has 1 heterocycles. The molecule has 0 saturated heterocycles. The van der Waals surface area contributed by atoms with Gasteiger partial charge in [0.1, 0.15) is 0 Å². The third kappa shape index (κ3) is 3.89. The van der Waals surface area contributed by atoms with Gasteiger partial charge in [-0.3, -0.25) is 9.78 Å². The summed E-state index contributed by atoms with van der Waals surface area (Å²) in [5, 5.41) is 14.2. The molecule has 4 N–H and O–H groups in total. The van der Waals surface area contributed by atoms with E-state index < -0.39 is 11.6 Å². The molecule has 1 aromatic carbocycles.